The molecule has 1 N–H and O–H groups in total. The standard InChI is InChI=1S/C12H19FN2O4S2/c1-3-10-21(18,19)14-8-9-15(20(2,16)17)12-6-4-11(13)5-7-12/h4-7,14H,3,8-10H2,1-2H3. The van der Waals surface area contributed by atoms with E-state index in [2.05, 4.69) is 4.72 Å². The van der Waals surface area contributed by atoms with Crippen molar-refractivity contribution in [1.82, 2.24) is 4.72 Å². The lowest BCUT2D eigenvalue weighted by molar-refractivity contribution is 0.577. The Kier molecular flexibility index (Phi) is 6.11. The highest BCUT2D eigenvalue weighted by atomic mass is 32.2. The summed E-state index contributed by atoms with van der Waals surface area (Å²) in [6.45, 7) is 1.63. The zero-order valence-corrected chi connectivity index (χ0v) is 13.5. The molecule has 0 aromatic heterocycles. The third-order valence-electron chi connectivity index (χ3n) is 2.62. The third kappa shape index (κ3) is 5.98. The van der Waals surface area contributed by atoms with Crippen LogP contribution in [0.2, 0.25) is 0 Å². The highest BCUT2D eigenvalue weighted by Crippen LogP contribution is 2.17. The number of sulfonamides is 2. The van der Waals surface area contributed by atoms with Gasteiger partial charge in [-0.2, -0.15) is 0 Å². The van der Waals surface area contributed by atoms with Crippen molar-refractivity contribution in [3.8, 4) is 0 Å². The van der Waals surface area contributed by atoms with Gasteiger partial charge >= 0.3 is 0 Å². The molecule has 0 aliphatic carbocycles. The van der Waals surface area contributed by atoms with Crippen molar-refractivity contribution < 1.29 is 21.2 Å². The van der Waals surface area contributed by atoms with E-state index in [1.807, 2.05) is 0 Å². The van der Waals surface area contributed by atoms with E-state index >= 15 is 0 Å². The number of halogens is 1. The van der Waals surface area contributed by atoms with Gasteiger partial charge in [-0.1, -0.05) is 6.92 Å². The minimum Gasteiger partial charge on any atom is -0.269 e. The maximum absolute atomic E-state index is 12.9. The van der Waals surface area contributed by atoms with Crippen LogP contribution in [-0.4, -0.2) is 41.9 Å². The Balaban J connectivity index is 2.80. The Morgan fingerprint density at radius 1 is 1.14 bits per heavy atom. The normalized spacial score (nSPS) is 12.3. The van der Waals surface area contributed by atoms with Crippen molar-refractivity contribution in [1.29, 1.82) is 0 Å². The summed E-state index contributed by atoms with van der Waals surface area (Å²) in [6.07, 6.45) is 1.49. The molecule has 0 saturated carbocycles. The molecule has 0 atom stereocenters. The molecule has 0 unspecified atom stereocenters. The monoisotopic (exact) mass is 338 g/mol. The molecule has 0 amide bonds. The second-order valence-electron chi connectivity index (χ2n) is 4.52. The van der Waals surface area contributed by atoms with Crippen LogP contribution in [0.5, 0.6) is 0 Å². The average molecular weight is 338 g/mol. The van der Waals surface area contributed by atoms with Crippen LogP contribution in [0.4, 0.5) is 10.1 Å². The molecule has 0 bridgehead atoms. The van der Waals surface area contributed by atoms with E-state index in [-0.39, 0.29) is 24.5 Å². The van der Waals surface area contributed by atoms with Gasteiger partial charge in [0.2, 0.25) is 20.0 Å². The predicted octanol–water partition coefficient (Wildman–Crippen LogP) is 0.921. The van der Waals surface area contributed by atoms with Crippen molar-refractivity contribution in [2.45, 2.75) is 13.3 Å². The van der Waals surface area contributed by atoms with Gasteiger partial charge in [-0.05, 0) is 30.7 Å². The van der Waals surface area contributed by atoms with Crippen LogP contribution in [-0.2, 0) is 20.0 Å². The van der Waals surface area contributed by atoms with Crippen LogP contribution in [0.3, 0.4) is 0 Å². The Morgan fingerprint density at radius 2 is 1.71 bits per heavy atom. The molecule has 0 fully saturated rings. The minimum atomic E-state index is -3.58. The van der Waals surface area contributed by atoms with Crippen LogP contribution in [0.25, 0.3) is 0 Å². The molecule has 120 valence electrons. The Labute approximate surface area is 125 Å². The molecule has 0 saturated heterocycles. The van der Waals surface area contributed by atoms with Crippen molar-refractivity contribution in [2.24, 2.45) is 0 Å². The molecule has 6 nitrogen and oxygen atoms in total. The highest BCUT2D eigenvalue weighted by molar-refractivity contribution is 7.92. The summed E-state index contributed by atoms with van der Waals surface area (Å²) in [5, 5.41) is 0. The maximum Gasteiger partial charge on any atom is 0.232 e. The first-order chi connectivity index (χ1) is 9.65. The zero-order valence-electron chi connectivity index (χ0n) is 11.9. The van der Waals surface area contributed by atoms with E-state index in [4.69, 9.17) is 0 Å². The molecule has 21 heavy (non-hydrogen) atoms. The predicted molar refractivity (Wildman–Crippen MR) is 80.7 cm³/mol. The van der Waals surface area contributed by atoms with Gasteiger partial charge in [0.25, 0.3) is 0 Å². The van der Waals surface area contributed by atoms with E-state index in [1.54, 1.807) is 6.92 Å². The van der Waals surface area contributed by atoms with Crippen molar-refractivity contribution in [3.05, 3.63) is 30.1 Å². The minimum absolute atomic E-state index is 0.0115. The van der Waals surface area contributed by atoms with Crippen LogP contribution in [0.15, 0.2) is 24.3 Å². The summed E-state index contributed by atoms with van der Waals surface area (Å²) >= 11 is 0. The third-order valence-corrected chi connectivity index (χ3v) is 5.41. The molecule has 0 aliphatic rings. The molecule has 1 aromatic carbocycles. The van der Waals surface area contributed by atoms with Gasteiger partial charge < -0.3 is 0 Å². The summed E-state index contributed by atoms with van der Waals surface area (Å²) in [5.41, 5.74) is 0.286. The molecular formula is C12H19FN2O4S2. The molecule has 0 spiro atoms. The van der Waals surface area contributed by atoms with Gasteiger partial charge in [0, 0.05) is 13.1 Å². The van der Waals surface area contributed by atoms with E-state index in [0.29, 0.717) is 6.42 Å². The topological polar surface area (TPSA) is 83.6 Å². The van der Waals surface area contributed by atoms with Gasteiger partial charge in [0.15, 0.2) is 0 Å². The Bertz CT molecular complexity index is 657. The summed E-state index contributed by atoms with van der Waals surface area (Å²) < 4.78 is 62.8. The molecule has 1 rings (SSSR count). The summed E-state index contributed by atoms with van der Waals surface area (Å²) in [4.78, 5) is 0. The largest absolute Gasteiger partial charge is 0.269 e. The number of hydrogen-bond donors (Lipinski definition) is 1. The Morgan fingerprint density at radius 3 is 2.19 bits per heavy atom. The SMILES string of the molecule is CCCS(=O)(=O)NCCN(c1ccc(F)cc1)S(C)(=O)=O. The lowest BCUT2D eigenvalue weighted by Crippen LogP contribution is -2.38. The number of nitrogens with zero attached hydrogens (tertiary/aromatic N) is 1. The van der Waals surface area contributed by atoms with E-state index in [0.717, 1.165) is 22.7 Å². The maximum atomic E-state index is 12.9. The second kappa shape index (κ2) is 7.19. The summed E-state index contributed by atoms with van der Waals surface area (Å²) in [7, 11) is -6.98. The van der Waals surface area contributed by atoms with Gasteiger partial charge in [-0.3, -0.25) is 4.31 Å². The molecular weight excluding hydrogens is 319 g/mol. The first-order valence-electron chi connectivity index (χ1n) is 6.36. The van der Waals surface area contributed by atoms with Crippen molar-refractivity contribution >= 4 is 25.7 Å². The number of rotatable bonds is 8. The van der Waals surface area contributed by atoms with Crippen molar-refractivity contribution in [2.75, 3.05) is 29.4 Å². The molecule has 0 radical (unpaired) electrons. The molecule has 0 heterocycles. The van der Waals surface area contributed by atoms with Gasteiger partial charge in [0.1, 0.15) is 5.82 Å². The van der Waals surface area contributed by atoms with E-state index < -0.39 is 25.9 Å². The van der Waals surface area contributed by atoms with Crippen LogP contribution in [0, 0.1) is 5.82 Å². The molecule has 1 aromatic rings. The number of nitrogens with one attached hydrogen (secondary N) is 1. The number of anilines is 1. The van der Waals surface area contributed by atoms with E-state index in [1.165, 1.54) is 12.1 Å². The highest BCUT2D eigenvalue weighted by Gasteiger charge is 2.18. The number of hydrogen-bond acceptors (Lipinski definition) is 4. The van der Waals surface area contributed by atoms with Gasteiger partial charge in [-0.15, -0.1) is 0 Å². The number of benzene rings is 1. The van der Waals surface area contributed by atoms with Gasteiger partial charge in [-0.25, -0.2) is 25.9 Å². The van der Waals surface area contributed by atoms with Crippen LogP contribution in [0.1, 0.15) is 13.3 Å². The first-order valence-corrected chi connectivity index (χ1v) is 9.86. The van der Waals surface area contributed by atoms with Crippen LogP contribution >= 0.6 is 0 Å². The van der Waals surface area contributed by atoms with Crippen molar-refractivity contribution in [3.63, 3.8) is 0 Å². The lowest BCUT2D eigenvalue weighted by atomic mass is 10.3. The quantitative estimate of drug-likeness (QED) is 0.764. The zero-order chi connectivity index (χ0) is 16.1. The lowest BCUT2D eigenvalue weighted by Gasteiger charge is -2.22. The Hall–Kier alpha value is -1.19. The fraction of sp³-hybridized carbons (Fsp3) is 0.500. The molecule has 0 aliphatic heterocycles. The fourth-order valence-corrected chi connectivity index (χ4v) is 3.75. The summed E-state index contributed by atoms with van der Waals surface area (Å²) in [5.74, 6) is -0.488. The smallest absolute Gasteiger partial charge is 0.232 e. The van der Waals surface area contributed by atoms with Crippen LogP contribution < -0.4 is 9.03 Å². The summed E-state index contributed by atoms with van der Waals surface area (Å²) in [6, 6.07) is 4.96. The first kappa shape index (κ1) is 17.9. The van der Waals surface area contributed by atoms with Gasteiger partial charge in [0.05, 0.1) is 17.7 Å². The van der Waals surface area contributed by atoms with E-state index in [9.17, 15) is 21.2 Å². The average Bonchev–Trinajstić information content (AvgIpc) is 2.34. The second-order valence-corrected chi connectivity index (χ2v) is 8.36. The molecule has 9 heteroatoms. The fourth-order valence-electron chi connectivity index (χ4n) is 1.74.